The average molecular weight is 335 g/mol. The summed E-state index contributed by atoms with van der Waals surface area (Å²) in [7, 11) is 0. The van der Waals surface area contributed by atoms with E-state index in [9.17, 15) is 0 Å². The van der Waals surface area contributed by atoms with E-state index in [1.54, 1.807) is 0 Å². The minimum atomic E-state index is 0.767. The van der Waals surface area contributed by atoms with Crippen molar-refractivity contribution in [3.05, 3.63) is 32.7 Å². The Bertz CT molecular complexity index is 444. The highest BCUT2D eigenvalue weighted by Crippen LogP contribution is 2.28. The molecule has 72 valence electrons. The van der Waals surface area contributed by atoms with E-state index in [1.807, 2.05) is 24.3 Å². The maximum Gasteiger partial charge on any atom is 0.210 e. The molecule has 0 aliphatic carbocycles. The predicted octanol–water partition coefficient (Wildman–Crippen LogP) is 3.81. The summed E-state index contributed by atoms with van der Waals surface area (Å²) in [5.41, 5.74) is 0.983. The molecule has 0 radical (unpaired) electrons. The first-order valence-electron chi connectivity index (χ1n) is 3.76. The van der Waals surface area contributed by atoms with Crippen LogP contribution in [0.3, 0.4) is 0 Å². The average Bonchev–Trinajstić information content (AvgIpc) is 2.56. The van der Waals surface area contributed by atoms with Gasteiger partial charge in [-0.1, -0.05) is 23.5 Å². The Morgan fingerprint density at radius 2 is 1.93 bits per heavy atom. The van der Waals surface area contributed by atoms with Crippen LogP contribution in [-0.4, -0.2) is 10.2 Å². The molecular weight excluding hydrogens is 330 g/mol. The van der Waals surface area contributed by atoms with Crippen LogP contribution in [0.4, 0.5) is 10.8 Å². The first kappa shape index (κ1) is 10.1. The Kier molecular flexibility index (Phi) is 3.15. The van der Waals surface area contributed by atoms with Crippen molar-refractivity contribution in [2.45, 2.75) is 0 Å². The van der Waals surface area contributed by atoms with E-state index in [4.69, 9.17) is 0 Å². The van der Waals surface area contributed by atoms with Gasteiger partial charge in [0.2, 0.25) is 5.13 Å². The van der Waals surface area contributed by atoms with Gasteiger partial charge in [-0.15, -0.1) is 10.2 Å². The standard InChI is InChI=1S/C8H5Br2N3S/c9-5-3-1-2-4-6(5)11-8-13-12-7(10)14-8/h1-4H,(H,11,13). The zero-order valence-electron chi connectivity index (χ0n) is 6.87. The second-order valence-electron chi connectivity index (χ2n) is 2.47. The van der Waals surface area contributed by atoms with Crippen molar-refractivity contribution in [3.63, 3.8) is 0 Å². The summed E-state index contributed by atoms with van der Waals surface area (Å²) in [6.45, 7) is 0. The molecule has 0 atom stereocenters. The number of para-hydroxylation sites is 1. The summed E-state index contributed by atoms with van der Waals surface area (Å²) in [6, 6.07) is 7.87. The van der Waals surface area contributed by atoms with Crippen molar-refractivity contribution in [1.29, 1.82) is 0 Å². The molecule has 1 aromatic heterocycles. The number of anilines is 2. The van der Waals surface area contributed by atoms with Gasteiger partial charge in [0.05, 0.1) is 5.69 Å². The van der Waals surface area contributed by atoms with Gasteiger partial charge in [0, 0.05) is 4.47 Å². The highest BCUT2D eigenvalue weighted by atomic mass is 79.9. The van der Waals surface area contributed by atoms with Gasteiger partial charge in [-0.25, -0.2) is 0 Å². The van der Waals surface area contributed by atoms with Crippen molar-refractivity contribution in [2.75, 3.05) is 5.32 Å². The van der Waals surface area contributed by atoms with Gasteiger partial charge in [0.25, 0.3) is 0 Å². The van der Waals surface area contributed by atoms with Crippen LogP contribution in [0, 0.1) is 0 Å². The Morgan fingerprint density at radius 3 is 2.57 bits per heavy atom. The lowest BCUT2D eigenvalue weighted by Crippen LogP contribution is -1.89. The molecule has 6 heteroatoms. The third-order valence-electron chi connectivity index (χ3n) is 1.52. The van der Waals surface area contributed by atoms with Crippen LogP contribution in [0.15, 0.2) is 32.7 Å². The molecule has 1 aromatic carbocycles. The van der Waals surface area contributed by atoms with E-state index in [0.717, 1.165) is 19.2 Å². The molecule has 14 heavy (non-hydrogen) atoms. The first-order chi connectivity index (χ1) is 6.75. The molecule has 0 amide bonds. The molecule has 0 aliphatic heterocycles. The first-order valence-corrected chi connectivity index (χ1v) is 6.16. The molecule has 1 N–H and O–H groups in total. The van der Waals surface area contributed by atoms with Crippen molar-refractivity contribution in [2.24, 2.45) is 0 Å². The zero-order valence-corrected chi connectivity index (χ0v) is 10.9. The molecule has 2 rings (SSSR count). The maximum atomic E-state index is 3.94. The van der Waals surface area contributed by atoms with Crippen LogP contribution in [0.25, 0.3) is 0 Å². The number of rotatable bonds is 2. The smallest absolute Gasteiger partial charge is 0.210 e. The SMILES string of the molecule is Brc1nnc(Nc2ccccc2Br)s1. The molecular formula is C8H5Br2N3S. The number of nitrogens with one attached hydrogen (secondary N) is 1. The molecule has 3 nitrogen and oxygen atoms in total. The summed E-state index contributed by atoms with van der Waals surface area (Å²) in [4.78, 5) is 0. The van der Waals surface area contributed by atoms with Gasteiger partial charge in [-0.3, -0.25) is 0 Å². The molecule has 2 aromatic rings. The lowest BCUT2D eigenvalue weighted by Gasteiger charge is -2.03. The number of hydrogen-bond acceptors (Lipinski definition) is 4. The van der Waals surface area contributed by atoms with Gasteiger partial charge in [-0.05, 0) is 44.0 Å². The van der Waals surface area contributed by atoms with E-state index in [-0.39, 0.29) is 0 Å². The number of nitrogens with zero attached hydrogens (tertiary/aromatic N) is 2. The second kappa shape index (κ2) is 4.37. The number of aromatic nitrogens is 2. The van der Waals surface area contributed by atoms with Gasteiger partial charge < -0.3 is 5.32 Å². The van der Waals surface area contributed by atoms with E-state index in [1.165, 1.54) is 11.3 Å². The van der Waals surface area contributed by atoms with E-state index < -0.39 is 0 Å². The van der Waals surface area contributed by atoms with E-state index in [0.29, 0.717) is 0 Å². The summed E-state index contributed by atoms with van der Waals surface area (Å²) in [6.07, 6.45) is 0. The molecule has 0 spiro atoms. The van der Waals surface area contributed by atoms with Gasteiger partial charge >= 0.3 is 0 Å². The fourth-order valence-electron chi connectivity index (χ4n) is 0.934. The summed E-state index contributed by atoms with van der Waals surface area (Å²) in [5.74, 6) is 0. The largest absolute Gasteiger partial charge is 0.329 e. The van der Waals surface area contributed by atoms with Crippen LogP contribution < -0.4 is 5.32 Å². The summed E-state index contributed by atoms with van der Waals surface area (Å²) < 4.78 is 1.78. The molecule has 0 saturated heterocycles. The highest BCUT2D eigenvalue weighted by Gasteiger charge is 2.03. The molecule has 0 saturated carbocycles. The van der Waals surface area contributed by atoms with Crippen molar-refractivity contribution < 1.29 is 0 Å². The van der Waals surface area contributed by atoms with Crippen LogP contribution in [0.5, 0.6) is 0 Å². The monoisotopic (exact) mass is 333 g/mol. The van der Waals surface area contributed by atoms with Crippen molar-refractivity contribution in [1.82, 2.24) is 10.2 Å². The summed E-state index contributed by atoms with van der Waals surface area (Å²) in [5, 5.41) is 11.7. The Hall–Kier alpha value is -0.460. The molecule has 0 fully saturated rings. The molecule has 0 unspecified atom stereocenters. The topological polar surface area (TPSA) is 37.8 Å². The summed E-state index contributed by atoms with van der Waals surface area (Å²) >= 11 is 8.15. The van der Waals surface area contributed by atoms with Crippen LogP contribution in [0.1, 0.15) is 0 Å². The van der Waals surface area contributed by atoms with Gasteiger partial charge in [0.1, 0.15) is 0 Å². The maximum absolute atomic E-state index is 3.94. The van der Waals surface area contributed by atoms with Crippen molar-refractivity contribution in [3.8, 4) is 0 Å². The third kappa shape index (κ3) is 2.31. The van der Waals surface area contributed by atoms with Gasteiger partial charge in [-0.2, -0.15) is 0 Å². The van der Waals surface area contributed by atoms with E-state index in [2.05, 4.69) is 47.4 Å². The quantitative estimate of drug-likeness (QED) is 0.907. The number of hydrogen-bond donors (Lipinski definition) is 1. The molecule has 0 bridgehead atoms. The Balaban J connectivity index is 2.23. The van der Waals surface area contributed by atoms with Crippen LogP contribution in [0.2, 0.25) is 0 Å². The fourth-order valence-corrected chi connectivity index (χ4v) is 2.34. The second-order valence-corrected chi connectivity index (χ2v) is 5.57. The minimum absolute atomic E-state index is 0.767. The van der Waals surface area contributed by atoms with Crippen LogP contribution >= 0.6 is 43.2 Å². The normalized spacial score (nSPS) is 10.1. The molecule has 1 heterocycles. The third-order valence-corrected chi connectivity index (χ3v) is 3.48. The lowest BCUT2D eigenvalue weighted by atomic mass is 10.3. The minimum Gasteiger partial charge on any atom is -0.329 e. The van der Waals surface area contributed by atoms with Gasteiger partial charge in [0.15, 0.2) is 3.92 Å². The highest BCUT2D eigenvalue weighted by molar-refractivity contribution is 9.11. The number of halogens is 2. The fraction of sp³-hybridized carbons (Fsp3) is 0. The lowest BCUT2D eigenvalue weighted by molar-refractivity contribution is 1.07. The van der Waals surface area contributed by atoms with E-state index >= 15 is 0 Å². The van der Waals surface area contributed by atoms with Crippen molar-refractivity contribution >= 4 is 54.0 Å². The predicted molar refractivity (Wildman–Crippen MR) is 65.0 cm³/mol. The zero-order chi connectivity index (χ0) is 9.97. The van der Waals surface area contributed by atoms with Crippen LogP contribution in [-0.2, 0) is 0 Å². The molecule has 0 aliphatic rings. The number of benzene rings is 1. The Labute approximate surface area is 102 Å². The Morgan fingerprint density at radius 1 is 1.14 bits per heavy atom.